The maximum absolute atomic E-state index is 11.3. The van der Waals surface area contributed by atoms with Gasteiger partial charge in [-0.1, -0.05) is 12.7 Å². The molecule has 0 aliphatic rings. The van der Waals surface area contributed by atoms with Gasteiger partial charge in [-0.3, -0.25) is 4.98 Å². The summed E-state index contributed by atoms with van der Waals surface area (Å²) in [7, 11) is 0. The molecule has 0 bridgehead atoms. The zero-order chi connectivity index (χ0) is 14.3. The predicted octanol–water partition coefficient (Wildman–Crippen LogP) is 1.75. The minimum absolute atomic E-state index is 0.0225. The van der Waals surface area contributed by atoms with Crippen LogP contribution in [0.4, 0.5) is 4.79 Å². The van der Waals surface area contributed by atoms with Crippen LogP contribution in [-0.4, -0.2) is 34.8 Å². The summed E-state index contributed by atoms with van der Waals surface area (Å²) in [5.74, 6) is -1.15. The molecule has 1 atom stereocenters. The highest BCUT2D eigenvalue weighted by Gasteiger charge is 2.21. The maximum atomic E-state index is 11.3. The number of aliphatic carboxylic acids is 1. The van der Waals surface area contributed by atoms with E-state index >= 15 is 0 Å². The van der Waals surface area contributed by atoms with Gasteiger partial charge < -0.3 is 15.2 Å². The van der Waals surface area contributed by atoms with E-state index in [4.69, 9.17) is 5.11 Å². The largest absolute Gasteiger partial charge is 0.480 e. The molecule has 6 nitrogen and oxygen atoms in total. The number of hydrogen-bond acceptors (Lipinski definition) is 4. The Bertz CT molecular complexity index is 461. The third-order valence-electron chi connectivity index (χ3n) is 2.12. The highest BCUT2D eigenvalue weighted by atomic mass is 79.9. The Labute approximate surface area is 118 Å². The Morgan fingerprint density at radius 2 is 2.32 bits per heavy atom. The van der Waals surface area contributed by atoms with E-state index in [1.165, 1.54) is 6.08 Å². The van der Waals surface area contributed by atoms with Gasteiger partial charge in [0.05, 0.1) is 0 Å². The second-order valence-corrected chi connectivity index (χ2v) is 4.51. The van der Waals surface area contributed by atoms with Crippen LogP contribution in [0.1, 0.15) is 5.69 Å². The van der Waals surface area contributed by atoms with Crippen LogP contribution in [0.2, 0.25) is 0 Å². The Balaban J connectivity index is 2.62. The molecule has 1 aromatic rings. The fraction of sp³-hybridized carbons (Fsp3) is 0.250. The normalized spacial score (nSPS) is 11.4. The Kier molecular flexibility index (Phi) is 6.01. The van der Waals surface area contributed by atoms with Gasteiger partial charge >= 0.3 is 12.1 Å². The quantitative estimate of drug-likeness (QED) is 0.776. The minimum atomic E-state index is -1.15. The summed E-state index contributed by atoms with van der Waals surface area (Å²) >= 11 is 3.23. The summed E-state index contributed by atoms with van der Waals surface area (Å²) in [5, 5.41) is 11.3. The number of carbonyl (C=O) groups is 2. The van der Waals surface area contributed by atoms with Crippen LogP contribution < -0.4 is 5.32 Å². The number of rotatable bonds is 6. The Morgan fingerprint density at radius 1 is 1.58 bits per heavy atom. The van der Waals surface area contributed by atoms with Crippen molar-refractivity contribution in [2.75, 3.05) is 6.61 Å². The van der Waals surface area contributed by atoms with E-state index in [9.17, 15) is 9.59 Å². The first kappa shape index (κ1) is 15.2. The lowest BCUT2D eigenvalue weighted by Crippen LogP contribution is -2.42. The van der Waals surface area contributed by atoms with E-state index in [1.807, 2.05) is 0 Å². The summed E-state index contributed by atoms with van der Waals surface area (Å²) in [6.07, 6.45) is 2.23. The Morgan fingerprint density at radius 3 is 2.84 bits per heavy atom. The molecule has 1 amide bonds. The molecular weight excluding hydrogens is 316 g/mol. The molecule has 0 radical (unpaired) electrons. The summed E-state index contributed by atoms with van der Waals surface area (Å²) in [4.78, 5) is 26.4. The molecule has 0 fully saturated rings. The Hall–Kier alpha value is -1.89. The number of halogens is 1. The lowest BCUT2D eigenvalue weighted by molar-refractivity contribution is -0.139. The van der Waals surface area contributed by atoms with Crippen molar-refractivity contribution in [2.24, 2.45) is 0 Å². The molecule has 1 rings (SSSR count). The van der Waals surface area contributed by atoms with E-state index in [0.717, 1.165) is 4.47 Å². The molecule has 19 heavy (non-hydrogen) atoms. The van der Waals surface area contributed by atoms with Crippen LogP contribution in [0.15, 0.2) is 35.5 Å². The van der Waals surface area contributed by atoms with Gasteiger partial charge in [-0.2, -0.15) is 0 Å². The van der Waals surface area contributed by atoms with Crippen molar-refractivity contribution in [3.05, 3.63) is 41.2 Å². The van der Waals surface area contributed by atoms with Crippen molar-refractivity contribution in [3.63, 3.8) is 0 Å². The molecule has 0 unspecified atom stereocenters. The monoisotopic (exact) mass is 328 g/mol. The second kappa shape index (κ2) is 7.52. The van der Waals surface area contributed by atoms with E-state index in [1.54, 1.807) is 18.3 Å². The summed E-state index contributed by atoms with van der Waals surface area (Å²) < 4.78 is 5.46. The first-order chi connectivity index (χ1) is 9.02. The molecule has 1 aromatic heterocycles. The third-order valence-corrected chi connectivity index (χ3v) is 2.59. The molecule has 1 heterocycles. The van der Waals surface area contributed by atoms with Crippen molar-refractivity contribution in [2.45, 2.75) is 12.5 Å². The number of carbonyl (C=O) groups excluding carboxylic acids is 1. The fourth-order valence-corrected chi connectivity index (χ4v) is 1.49. The highest BCUT2D eigenvalue weighted by Crippen LogP contribution is 2.09. The molecule has 0 aromatic carbocycles. The molecule has 0 spiro atoms. The number of nitrogens with zero attached hydrogens (tertiary/aromatic N) is 1. The molecule has 102 valence electrons. The molecule has 0 aliphatic heterocycles. The zero-order valence-corrected chi connectivity index (χ0v) is 11.6. The van der Waals surface area contributed by atoms with Crippen LogP contribution >= 0.6 is 15.9 Å². The van der Waals surface area contributed by atoms with Crippen molar-refractivity contribution in [1.29, 1.82) is 0 Å². The third kappa shape index (κ3) is 5.52. The van der Waals surface area contributed by atoms with Crippen molar-refractivity contribution < 1.29 is 19.4 Å². The molecule has 7 heteroatoms. The van der Waals surface area contributed by atoms with Gasteiger partial charge in [0.2, 0.25) is 0 Å². The van der Waals surface area contributed by atoms with E-state index in [-0.39, 0.29) is 13.0 Å². The molecule has 0 saturated carbocycles. The lowest BCUT2D eigenvalue weighted by atomic mass is 10.1. The molecular formula is C12H13BrN2O4. The number of carboxylic acid groups (broad SMARTS) is 1. The van der Waals surface area contributed by atoms with Gasteiger partial charge in [0.15, 0.2) is 0 Å². The number of nitrogens with one attached hydrogen (secondary N) is 1. The van der Waals surface area contributed by atoms with Gasteiger partial charge in [-0.05, 0) is 28.1 Å². The topological polar surface area (TPSA) is 88.5 Å². The van der Waals surface area contributed by atoms with Crippen molar-refractivity contribution in [1.82, 2.24) is 10.3 Å². The van der Waals surface area contributed by atoms with Crippen molar-refractivity contribution in [3.8, 4) is 0 Å². The lowest BCUT2D eigenvalue weighted by Gasteiger charge is -2.13. The average Bonchev–Trinajstić information content (AvgIpc) is 2.38. The number of alkyl carbamates (subject to hydrolysis) is 1. The molecule has 0 saturated heterocycles. The number of ether oxygens (including phenoxy) is 1. The number of pyridine rings is 1. The van der Waals surface area contributed by atoms with E-state index in [2.05, 4.69) is 37.5 Å². The first-order valence-corrected chi connectivity index (χ1v) is 6.19. The van der Waals surface area contributed by atoms with E-state index < -0.39 is 18.1 Å². The molecule has 2 N–H and O–H groups in total. The van der Waals surface area contributed by atoms with Gasteiger partial charge in [0.25, 0.3) is 0 Å². The van der Waals surface area contributed by atoms with Crippen LogP contribution in [0, 0.1) is 0 Å². The highest BCUT2D eigenvalue weighted by molar-refractivity contribution is 9.10. The van der Waals surface area contributed by atoms with Crippen LogP contribution in [0.3, 0.4) is 0 Å². The standard InChI is InChI=1S/C12H13BrN2O4/c1-2-5-19-12(18)15-10(11(16)17)6-9-4-3-8(13)7-14-9/h2-4,7,10H,1,5-6H2,(H,15,18)(H,16,17)/t10-/m0/s1. The minimum Gasteiger partial charge on any atom is -0.480 e. The molecule has 0 aliphatic carbocycles. The number of amides is 1. The van der Waals surface area contributed by atoms with Crippen molar-refractivity contribution >= 4 is 28.0 Å². The van der Waals surface area contributed by atoms with E-state index in [0.29, 0.717) is 5.69 Å². The number of hydrogen-bond donors (Lipinski definition) is 2. The fourth-order valence-electron chi connectivity index (χ4n) is 1.25. The smallest absolute Gasteiger partial charge is 0.408 e. The summed E-state index contributed by atoms with van der Waals surface area (Å²) in [5.41, 5.74) is 0.555. The van der Waals surface area contributed by atoms with Gasteiger partial charge in [-0.15, -0.1) is 0 Å². The zero-order valence-electron chi connectivity index (χ0n) is 10.0. The second-order valence-electron chi connectivity index (χ2n) is 3.59. The van der Waals surface area contributed by atoms with Gasteiger partial charge in [0.1, 0.15) is 12.6 Å². The van der Waals surface area contributed by atoms with Crippen LogP contribution in [0.5, 0.6) is 0 Å². The number of carboxylic acids is 1. The van der Waals surface area contributed by atoms with Crippen LogP contribution in [0.25, 0.3) is 0 Å². The summed E-state index contributed by atoms with van der Waals surface area (Å²) in [6.45, 7) is 3.41. The number of aromatic nitrogens is 1. The maximum Gasteiger partial charge on any atom is 0.408 e. The van der Waals surface area contributed by atoms with Gasteiger partial charge in [-0.25, -0.2) is 9.59 Å². The first-order valence-electron chi connectivity index (χ1n) is 5.40. The summed E-state index contributed by atoms with van der Waals surface area (Å²) in [6, 6.07) is 2.33. The predicted molar refractivity (Wildman–Crippen MR) is 71.7 cm³/mol. The average molecular weight is 329 g/mol. The van der Waals surface area contributed by atoms with Gasteiger partial charge in [0, 0.05) is 22.8 Å². The SMILES string of the molecule is C=CCOC(=O)N[C@@H](Cc1ccc(Br)cn1)C(=O)O. The van der Waals surface area contributed by atoms with Crippen LogP contribution in [-0.2, 0) is 16.0 Å².